The predicted octanol–water partition coefficient (Wildman–Crippen LogP) is 2.87. The van der Waals surface area contributed by atoms with Gasteiger partial charge in [-0.2, -0.15) is 0 Å². The fourth-order valence-electron chi connectivity index (χ4n) is 1.23. The van der Waals surface area contributed by atoms with Gasteiger partial charge in [-0.3, -0.25) is 0 Å². The van der Waals surface area contributed by atoms with Crippen LogP contribution in [-0.4, -0.2) is 8.42 Å². The van der Waals surface area contributed by atoms with Gasteiger partial charge in [0.1, 0.15) is 6.26 Å². The zero-order valence-corrected chi connectivity index (χ0v) is 9.12. The largest absolute Gasteiger partial charge is 0.451 e. The molecule has 1 aromatic heterocycles. The van der Waals surface area contributed by atoms with Crippen molar-refractivity contribution >= 4 is 19.7 Å². The Bertz CT molecular complexity index is 557. The first-order chi connectivity index (χ1) is 7.07. The van der Waals surface area contributed by atoms with Gasteiger partial charge in [0.2, 0.25) is 5.09 Å². The maximum Gasteiger partial charge on any atom is 0.294 e. The van der Waals surface area contributed by atoms with E-state index in [-0.39, 0.29) is 5.09 Å². The Hall–Kier alpha value is -1.26. The highest BCUT2D eigenvalue weighted by atomic mass is 35.7. The smallest absolute Gasteiger partial charge is 0.294 e. The van der Waals surface area contributed by atoms with Crippen molar-refractivity contribution in [3.63, 3.8) is 0 Å². The van der Waals surface area contributed by atoms with E-state index in [0.29, 0.717) is 5.56 Å². The summed E-state index contributed by atoms with van der Waals surface area (Å²) in [6.07, 6.45) is 1.37. The minimum absolute atomic E-state index is 0.233. The summed E-state index contributed by atoms with van der Waals surface area (Å²) in [5, 5.41) is -0.233. The maximum absolute atomic E-state index is 10.9. The quantitative estimate of drug-likeness (QED) is 0.761. The van der Waals surface area contributed by atoms with Crippen LogP contribution in [-0.2, 0) is 9.05 Å². The molecule has 0 atom stereocenters. The van der Waals surface area contributed by atoms with E-state index in [4.69, 9.17) is 15.1 Å². The summed E-state index contributed by atoms with van der Waals surface area (Å²) in [6, 6.07) is 10.7. The summed E-state index contributed by atoms with van der Waals surface area (Å²) in [6.45, 7) is 0. The van der Waals surface area contributed by atoms with Crippen molar-refractivity contribution in [2.24, 2.45) is 0 Å². The van der Waals surface area contributed by atoms with Gasteiger partial charge in [0, 0.05) is 22.3 Å². The Morgan fingerprint density at radius 3 is 2.27 bits per heavy atom. The van der Waals surface area contributed by atoms with Crippen LogP contribution in [0.1, 0.15) is 0 Å². The number of rotatable bonds is 2. The molecule has 0 saturated heterocycles. The summed E-state index contributed by atoms with van der Waals surface area (Å²) in [7, 11) is 1.35. The predicted molar refractivity (Wildman–Crippen MR) is 57.2 cm³/mol. The first-order valence-electron chi connectivity index (χ1n) is 4.16. The molecule has 0 aliphatic rings. The lowest BCUT2D eigenvalue weighted by Gasteiger charge is -1.92. The standard InChI is InChI=1S/C10H7ClO3S/c11-15(12,13)10-6-9(7-14-10)8-4-2-1-3-5-8/h1-7H. The molecule has 0 bridgehead atoms. The van der Waals surface area contributed by atoms with Crippen molar-refractivity contribution in [2.75, 3.05) is 0 Å². The SMILES string of the molecule is O=S(=O)(Cl)c1cc(-c2ccccc2)co1. The van der Waals surface area contributed by atoms with Crippen molar-refractivity contribution in [1.29, 1.82) is 0 Å². The molecular weight excluding hydrogens is 236 g/mol. The van der Waals surface area contributed by atoms with E-state index in [1.165, 1.54) is 12.3 Å². The van der Waals surface area contributed by atoms with E-state index in [1.807, 2.05) is 30.3 Å². The maximum atomic E-state index is 10.9. The second kappa shape index (κ2) is 3.72. The molecule has 2 aromatic rings. The lowest BCUT2D eigenvalue weighted by atomic mass is 10.1. The fourth-order valence-corrected chi connectivity index (χ4v) is 1.90. The van der Waals surface area contributed by atoms with Gasteiger partial charge in [-0.15, -0.1) is 0 Å². The molecule has 0 spiro atoms. The third kappa shape index (κ3) is 2.22. The van der Waals surface area contributed by atoms with Crippen LogP contribution < -0.4 is 0 Å². The first kappa shape index (κ1) is 10.3. The number of hydrogen-bond acceptors (Lipinski definition) is 3. The molecule has 78 valence electrons. The molecule has 0 amide bonds. The van der Waals surface area contributed by atoms with Gasteiger partial charge in [0.15, 0.2) is 0 Å². The summed E-state index contributed by atoms with van der Waals surface area (Å²) in [5.41, 5.74) is 1.57. The molecule has 3 nitrogen and oxygen atoms in total. The Morgan fingerprint density at radius 1 is 1.07 bits per heavy atom. The number of benzene rings is 1. The van der Waals surface area contributed by atoms with Crippen molar-refractivity contribution < 1.29 is 12.8 Å². The zero-order chi connectivity index (χ0) is 10.9. The van der Waals surface area contributed by atoms with Gasteiger partial charge in [0.25, 0.3) is 9.05 Å². The second-order valence-electron chi connectivity index (χ2n) is 2.96. The van der Waals surface area contributed by atoms with Gasteiger partial charge >= 0.3 is 0 Å². The molecule has 1 heterocycles. The molecule has 0 aliphatic heterocycles. The molecule has 0 radical (unpaired) electrons. The molecule has 15 heavy (non-hydrogen) atoms. The highest BCUT2D eigenvalue weighted by Gasteiger charge is 2.15. The summed E-state index contributed by atoms with van der Waals surface area (Å²) >= 11 is 0. The van der Waals surface area contributed by atoms with E-state index in [1.54, 1.807) is 0 Å². The molecule has 1 aromatic carbocycles. The normalized spacial score (nSPS) is 11.5. The van der Waals surface area contributed by atoms with Crippen LogP contribution in [0, 0.1) is 0 Å². The summed E-state index contributed by atoms with van der Waals surface area (Å²) in [5.74, 6) is 0. The van der Waals surface area contributed by atoms with Gasteiger partial charge < -0.3 is 4.42 Å². The Labute approximate surface area is 91.7 Å². The monoisotopic (exact) mass is 242 g/mol. The van der Waals surface area contributed by atoms with Crippen LogP contribution in [0.4, 0.5) is 0 Å². The van der Waals surface area contributed by atoms with Crippen LogP contribution in [0.25, 0.3) is 11.1 Å². The number of furan rings is 1. The Morgan fingerprint density at radius 2 is 1.73 bits per heavy atom. The molecule has 0 unspecified atom stereocenters. The number of hydrogen-bond donors (Lipinski definition) is 0. The van der Waals surface area contributed by atoms with Gasteiger partial charge in [-0.05, 0) is 5.56 Å². The highest BCUT2D eigenvalue weighted by molar-refractivity contribution is 8.13. The third-order valence-electron chi connectivity index (χ3n) is 1.92. The zero-order valence-electron chi connectivity index (χ0n) is 7.55. The van der Waals surface area contributed by atoms with Gasteiger partial charge in [-0.25, -0.2) is 8.42 Å². The molecule has 0 saturated carbocycles. The van der Waals surface area contributed by atoms with Crippen LogP contribution in [0.5, 0.6) is 0 Å². The lowest BCUT2D eigenvalue weighted by Crippen LogP contribution is -1.85. The van der Waals surface area contributed by atoms with E-state index < -0.39 is 9.05 Å². The molecule has 5 heteroatoms. The van der Waals surface area contributed by atoms with Gasteiger partial charge in [0.05, 0.1) is 0 Å². The average molecular weight is 243 g/mol. The summed E-state index contributed by atoms with van der Waals surface area (Å²) < 4.78 is 26.8. The molecule has 0 fully saturated rings. The number of halogens is 1. The minimum Gasteiger partial charge on any atom is -0.451 e. The Balaban J connectivity index is 2.46. The Kier molecular flexibility index (Phi) is 2.54. The summed E-state index contributed by atoms with van der Waals surface area (Å²) in [4.78, 5) is 0. The lowest BCUT2D eigenvalue weighted by molar-refractivity contribution is 0.455. The van der Waals surface area contributed by atoms with E-state index >= 15 is 0 Å². The molecule has 2 rings (SSSR count). The van der Waals surface area contributed by atoms with Crippen LogP contribution in [0.2, 0.25) is 0 Å². The highest BCUT2D eigenvalue weighted by Crippen LogP contribution is 2.25. The van der Waals surface area contributed by atoms with E-state index in [2.05, 4.69) is 0 Å². The van der Waals surface area contributed by atoms with Crippen molar-refractivity contribution in [3.8, 4) is 11.1 Å². The molecule has 0 aliphatic carbocycles. The van der Waals surface area contributed by atoms with E-state index in [0.717, 1.165) is 5.56 Å². The molecular formula is C10H7ClO3S. The molecule has 0 N–H and O–H groups in total. The second-order valence-corrected chi connectivity index (χ2v) is 5.46. The fraction of sp³-hybridized carbons (Fsp3) is 0. The van der Waals surface area contributed by atoms with Crippen molar-refractivity contribution in [2.45, 2.75) is 5.09 Å². The van der Waals surface area contributed by atoms with Crippen LogP contribution in [0.15, 0.2) is 52.2 Å². The van der Waals surface area contributed by atoms with Gasteiger partial charge in [-0.1, -0.05) is 30.3 Å². The third-order valence-corrected chi connectivity index (χ3v) is 3.07. The van der Waals surface area contributed by atoms with E-state index in [9.17, 15) is 8.42 Å². The van der Waals surface area contributed by atoms with Crippen LogP contribution in [0.3, 0.4) is 0 Å². The minimum atomic E-state index is -3.78. The first-order valence-corrected chi connectivity index (χ1v) is 6.47. The van der Waals surface area contributed by atoms with Crippen molar-refractivity contribution in [1.82, 2.24) is 0 Å². The van der Waals surface area contributed by atoms with Crippen molar-refractivity contribution in [3.05, 3.63) is 42.7 Å². The van der Waals surface area contributed by atoms with Crippen LogP contribution >= 0.6 is 10.7 Å². The topological polar surface area (TPSA) is 47.3 Å². The average Bonchev–Trinajstić information content (AvgIpc) is 2.67.